The smallest absolute Gasteiger partial charge is 0.305 e. The van der Waals surface area contributed by atoms with E-state index >= 15 is 0 Å². The summed E-state index contributed by atoms with van der Waals surface area (Å²) in [5.41, 5.74) is -0.787. The van der Waals surface area contributed by atoms with Crippen LogP contribution in [-0.4, -0.2) is 20.4 Å². The average Bonchev–Trinajstić information content (AvgIpc) is 2.14. The summed E-state index contributed by atoms with van der Waals surface area (Å²) < 4.78 is 2.35. The van der Waals surface area contributed by atoms with E-state index in [0.29, 0.717) is 0 Å². The van der Waals surface area contributed by atoms with Crippen molar-refractivity contribution in [2.45, 2.75) is 13.0 Å². The number of rotatable bonds is 3. The Bertz CT molecular complexity index is 502. The third kappa shape index (κ3) is 2.56. The van der Waals surface area contributed by atoms with Crippen LogP contribution >= 0.6 is 15.9 Å². The molecule has 15 heavy (non-hydrogen) atoms. The lowest BCUT2D eigenvalue weighted by Crippen LogP contribution is -2.37. The molecule has 0 aromatic carbocycles. The number of aliphatic carboxylic acids is 1. The van der Waals surface area contributed by atoms with Gasteiger partial charge in [0.25, 0.3) is 11.1 Å². The van der Waals surface area contributed by atoms with Crippen molar-refractivity contribution >= 4 is 21.9 Å². The molecular weight excluding hydrogens is 268 g/mol. The van der Waals surface area contributed by atoms with Crippen molar-refractivity contribution in [1.82, 2.24) is 9.36 Å². The van der Waals surface area contributed by atoms with Gasteiger partial charge in [-0.05, 0) is 15.9 Å². The van der Waals surface area contributed by atoms with Crippen molar-refractivity contribution in [1.29, 1.82) is 0 Å². The van der Waals surface area contributed by atoms with E-state index in [1.54, 1.807) is 0 Å². The minimum absolute atomic E-state index is 0.0206. The molecule has 0 radical (unpaired) electrons. The first-order valence-electron chi connectivity index (χ1n) is 4.12. The van der Waals surface area contributed by atoms with Gasteiger partial charge in [0.05, 0.1) is 17.4 Å². The van der Waals surface area contributed by atoms with E-state index < -0.39 is 11.5 Å². The molecular formula is C8H9BrN2O4. The van der Waals surface area contributed by atoms with Crippen LogP contribution in [0.5, 0.6) is 0 Å². The van der Waals surface area contributed by atoms with E-state index in [2.05, 4.69) is 15.9 Å². The second-order valence-corrected chi connectivity index (χ2v) is 3.78. The third-order valence-corrected chi connectivity index (χ3v) is 2.47. The van der Waals surface area contributed by atoms with E-state index in [1.807, 2.05) is 0 Å². The Morgan fingerprint density at radius 3 is 2.67 bits per heavy atom. The molecule has 1 rings (SSSR count). The zero-order valence-electron chi connectivity index (χ0n) is 7.94. The normalized spacial score (nSPS) is 10.3. The fourth-order valence-corrected chi connectivity index (χ4v) is 1.57. The fourth-order valence-electron chi connectivity index (χ4n) is 1.12. The number of aromatic nitrogens is 2. The highest BCUT2D eigenvalue weighted by Gasteiger charge is 2.07. The lowest BCUT2D eigenvalue weighted by Gasteiger charge is -2.09. The quantitative estimate of drug-likeness (QED) is 0.828. The summed E-state index contributed by atoms with van der Waals surface area (Å²) in [5.74, 6) is -1.02. The van der Waals surface area contributed by atoms with Crippen molar-refractivity contribution in [3.8, 4) is 0 Å². The largest absolute Gasteiger partial charge is 0.481 e. The molecule has 82 valence electrons. The van der Waals surface area contributed by atoms with Gasteiger partial charge in [-0.2, -0.15) is 0 Å². The number of halogens is 1. The van der Waals surface area contributed by atoms with E-state index in [-0.39, 0.29) is 23.0 Å². The summed E-state index contributed by atoms with van der Waals surface area (Å²) in [6.07, 6.45) is -0.200. The molecule has 0 fully saturated rings. The Balaban J connectivity index is 3.19. The number of nitrogens with zero attached hydrogens (tertiary/aromatic N) is 2. The molecule has 0 aliphatic rings. The summed E-state index contributed by atoms with van der Waals surface area (Å²) in [7, 11) is 1.41. The van der Waals surface area contributed by atoms with Gasteiger partial charge in [-0.1, -0.05) is 0 Å². The van der Waals surface area contributed by atoms with E-state index in [0.717, 1.165) is 15.4 Å². The molecule has 1 aromatic rings. The van der Waals surface area contributed by atoms with Gasteiger partial charge in [-0.3, -0.25) is 14.4 Å². The molecule has 0 saturated carbocycles. The van der Waals surface area contributed by atoms with Gasteiger partial charge in [0.1, 0.15) is 0 Å². The molecule has 0 saturated heterocycles. The molecule has 6 nitrogen and oxygen atoms in total. The van der Waals surface area contributed by atoms with Crippen LogP contribution in [0.4, 0.5) is 0 Å². The number of hydrogen-bond donors (Lipinski definition) is 1. The van der Waals surface area contributed by atoms with Crippen LogP contribution in [0.15, 0.2) is 20.1 Å². The Morgan fingerprint density at radius 1 is 1.53 bits per heavy atom. The van der Waals surface area contributed by atoms with Crippen molar-refractivity contribution in [3.63, 3.8) is 0 Å². The van der Waals surface area contributed by atoms with Crippen LogP contribution in [0.25, 0.3) is 0 Å². The monoisotopic (exact) mass is 276 g/mol. The van der Waals surface area contributed by atoms with Gasteiger partial charge in [-0.25, -0.2) is 9.36 Å². The lowest BCUT2D eigenvalue weighted by atomic mass is 10.4. The van der Waals surface area contributed by atoms with Crippen LogP contribution < -0.4 is 11.1 Å². The van der Waals surface area contributed by atoms with Crippen LogP contribution in [-0.2, 0) is 18.4 Å². The number of carbonyl (C=O) groups is 1. The molecule has 0 unspecified atom stereocenters. The van der Waals surface area contributed by atoms with Gasteiger partial charge < -0.3 is 5.11 Å². The highest BCUT2D eigenvalue weighted by molar-refractivity contribution is 9.10. The van der Waals surface area contributed by atoms with E-state index in [4.69, 9.17) is 5.11 Å². The van der Waals surface area contributed by atoms with Crippen molar-refractivity contribution in [2.75, 3.05) is 0 Å². The topological polar surface area (TPSA) is 81.3 Å². The Morgan fingerprint density at radius 2 is 2.13 bits per heavy atom. The van der Waals surface area contributed by atoms with Gasteiger partial charge in [0.2, 0.25) is 0 Å². The summed E-state index contributed by atoms with van der Waals surface area (Å²) in [4.78, 5) is 33.1. The molecule has 0 atom stereocenters. The molecule has 1 heterocycles. The minimum atomic E-state index is -1.02. The van der Waals surface area contributed by atoms with Crippen molar-refractivity contribution in [2.24, 2.45) is 7.05 Å². The van der Waals surface area contributed by atoms with Gasteiger partial charge in [-0.15, -0.1) is 0 Å². The second-order valence-electron chi connectivity index (χ2n) is 2.93. The number of carboxylic acid groups (broad SMARTS) is 1. The van der Waals surface area contributed by atoms with Crippen LogP contribution in [0.2, 0.25) is 0 Å². The van der Waals surface area contributed by atoms with Crippen molar-refractivity contribution in [3.05, 3.63) is 31.2 Å². The Labute approximate surface area is 92.9 Å². The molecule has 1 aromatic heterocycles. The molecule has 0 spiro atoms. The summed E-state index contributed by atoms with van der Waals surface area (Å²) in [6, 6.07) is 1.13. The number of carboxylic acids is 1. The SMILES string of the molecule is Cn1c(=O)c(Br)cc(=O)n1CCC(=O)O. The average molecular weight is 277 g/mol. The first-order chi connectivity index (χ1) is 6.93. The minimum Gasteiger partial charge on any atom is -0.481 e. The second kappa shape index (κ2) is 4.43. The fraction of sp³-hybridized carbons (Fsp3) is 0.375. The standard InChI is InChI=1S/C8H9BrN2O4/c1-10-8(15)5(9)4-6(12)11(10)3-2-7(13)14/h4H,2-3H2,1H3,(H,13,14). The Kier molecular flexibility index (Phi) is 3.46. The van der Waals surface area contributed by atoms with E-state index in [1.165, 1.54) is 7.05 Å². The third-order valence-electron chi connectivity index (χ3n) is 1.90. The van der Waals surface area contributed by atoms with Gasteiger partial charge in [0, 0.05) is 13.1 Å². The summed E-state index contributed by atoms with van der Waals surface area (Å²) >= 11 is 2.95. The highest BCUT2D eigenvalue weighted by atomic mass is 79.9. The van der Waals surface area contributed by atoms with Crippen LogP contribution in [0.3, 0.4) is 0 Å². The van der Waals surface area contributed by atoms with E-state index in [9.17, 15) is 14.4 Å². The highest BCUT2D eigenvalue weighted by Crippen LogP contribution is 1.97. The summed E-state index contributed by atoms with van der Waals surface area (Å²) in [5, 5.41) is 8.47. The maximum Gasteiger partial charge on any atom is 0.305 e. The molecule has 0 amide bonds. The first kappa shape index (κ1) is 11.7. The van der Waals surface area contributed by atoms with Gasteiger partial charge >= 0.3 is 5.97 Å². The van der Waals surface area contributed by atoms with Crippen LogP contribution in [0, 0.1) is 0 Å². The predicted molar refractivity (Wildman–Crippen MR) is 55.9 cm³/mol. The zero-order valence-corrected chi connectivity index (χ0v) is 9.52. The first-order valence-corrected chi connectivity index (χ1v) is 4.91. The molecule has 0 bridgehead atoms. The maximum atomic E-state index is 11.4. The Hall–Kier alpha value is -1.37. The molecule has 0 aliphatic heterocycles. The molecule has 1 N–H and O–H groups in total. The maximum absolute atomic E-state index is 11.4. The summed E-state index contributed by atoms with van der Waals surface area (Å²) in [6.45, 7) is -0.0206. The predicted octanol–water partition coefficient (Wildman–Crippen LogP) is -0.216. The van der Waals surface area contributed by atoms with Crippen LogP contribution in [0.1, 0.15) is 6.42 Å². The lowest BCUT2D eigenvalue weighted by molar-refractivity contribution is -0.137. The van der Waals surface area contributed by atoms with Crippen molar-refractivity contribution < 1.29 is 9.90 Å². The van der Waals surface area contributed by atoms with Gasteiger partial charge in [0.15, 0.2) is 0 Å². The zero-order chi connectivity index (χ0) is 11.6. The number of hydrogen-bond acceptors (Lipinski definition) is 3. The molecule has 0 aliphatic carbocycles. The molecule has 7 heteroatoms.